The molecule has 1 fully saturated rings. The average Bonchev–Trinajstić information content (AvgIpc) is 3.07. The number of hydrogen-bond donors (Lipinski definition) is 2. The quantitative estimate of drug-likeness (QED) is 0.321. The van der Waals surface area contributed by atoms with E-state index in [-0.39, 0.29) is 18.2 Å². The van der Waals surface area contributed by atoms with Gasteiger partial charge in [-0.15, -0.1) is 12.3 Å². The van der Waals surface area contributed by atoms with E-state index in [1.165, 1.54) is 0 Å². The fourth-order valence-corrected chi connectivity index (χ4v) is 5.70. The predicted octanol–water partition coefficient (Wildman–Crippen LogP) is 5.39. The lowest BCUT2D eigenvalue weighted by Crippen LogP contribution is -2.16. The Labute approximate surface area is 230 Å². The van der Waals surface area contributed by atoms with Crippen molar-refractivity contribution in [3.8, 4) is 23.6 Å². The third kappa shape index (κ3) is 6.29. The van der Waals surface area contributed by atoms with E-state index in [0.29, 0.717) is 28.8 Å². The number of hydrogen-bond acceptors (Lipinski definition) is 6. The van der Waals surface area contributed by atoms with Crippen molar-refractivity contribution in [1.29, 1.82) is 0 Å². The number of terminal acetylenes is 1. The van der Waals surface area contributed by atoms with Crippen LogP contribution in [0.25, 0.3) is 11.3 Å². The maximum absolute atomic E-state index is 12.7. The van der Waals surface area contributed by atoms with Gasteiger partial charge in [0.15, 0.2) is 0 Å². The Hall–Kier alpha value is -4.16. The minimum absolute atomic E-state index is 0.112. The first kappa shape index (κ1) is 26.4. The second-order valence-corrected chi connectivity index (χ2v) is 11.1. The first-order valence-electron chi connectivity index (χ1n) is 13.0. The van der Waals surface area contributed by atoms with Gasteiger partial charge in [-0.1, -0.05) is 12.1 Å². The third-order valence-corrected chi connectivity index (χ3v) is 7.99. The van der Waals surface area contributed by atoms with Crippen molar-refractivity contribution in [3.05, 3.63) is 65.4 Å². The topological polar surface area (TPSA) is 113 Å². The van der Waals surface area contributed by atoms with Gasteiger partial charge in [0, 0.05) is 41.2 Å². The van der Waals surface area contributed by atoms with E-state index in [2.05, 4.69) is 30.9 Å². The van der Waals surface area contributed by atoms with Gasteiger partial charge in [0.05, 0.1) is 17.8 Å². The number of carbonyl (C=O) groups excluding carboxylic acids is 2. The Kier molecular flexibility index (Phi) is 7.94. The molecule has 1 aliphatic heterocycles. The van der Waals surface area contributed by atoms with Crippen molar-refractivity contribution >= 4 is 45.5 Å². The van der Waals surface area contributed by atoms with Gasteiger partial charge in [0.1, 0.15) is 0 Å². The van der Waals surface area contributed by atoms with Crippen LogP contribution in [0.1, 0.15) is 53.6 Å². The maximum Gasteiger partial charge on any atom is 0.271 e. The number of nitrogens with zero attached hydrogens (tertiary/aromatic N) is 3. The van der Waals surface area contributed by atoms with Crippen LogP contribution in [0, 0.1) is 31.1 Å². The van der Waals surface area contributed by atoms with Gasteiger partial charge in [-0.2, -0.15) is 4.40 Å². The SMILES string of the molecule is C#CCC1CCC(/C=N/S(=O)C(=O)c2ccc(Nc3ncc4c(n3)-c3ccc(C)cc3NC(=O)C4)cc2)CC1. The molecule has 0 radical (unpaired) electrons. The van der Waals surface area contributed by atoms with Gasteiger partial charge in [-0.3, -0.25) is 9.59 Å². The zero-order chi connectivity index (χ0) is 27.4. The second kappa shape index (κ2) is 11.7. The van der Waals surface area contributed by atoms with Gasteiger partial charge in [-0.25, -0.2) is 14.2 Å². The summed E-state index contributed by atoms with van der Waals surface area (Å²) in [5, 5.41) is 5.55. The largest absolute Gasteiger partial charge is 0.325 e. The summed E-state index contributed by atoms with van der Waals surface area (Å²) >= 11 is 0. The lowest BCUT2D eigenvalue weighted by atomic mass is 9.81. The number of benzene rings is 2. The number of nitrogens with one attached hydrogen (secondary N) is 2. The summed E-state index contributed by atoms with van der Waals surface area (Å²) in [7, 11) is -1.98. The molecule has 2 aromatic carbocycles. The van der Waals surface area contributed by atoms with Crippen LogP contribution in [-0.2, 0) is 22.2 Å². The molecular weight excluding hydrogens is 510 g/mol. The van der Waals surface area contributed by atoms with Crippen LogP contribution in [0.15, 0.2) is 53.1 Å². The van der Waals surface area contributed by atoms with Gasteiger partial charge in [0.2, 0.25) is 22.8 Å². The van der Waals surface area contributed by atoms with Crippen LogP contribution in [-0.4, -0.2) is 31.4 Å². The lowest BCUT2D eigenvalue weighted by Gasteiger charge is -2.24. The molecule has 0 bridgehead atoms. The highest BCUT2D eigenvalue weighted by Crippen LogP contribution is 2.34. The van der Waals surface area contributed by atoms with E-state index >= 15 is 0 Å². The second-order valence-electron chi connectivity index (χ2n) is 10.0. The van der Waals surface area contributed by atoms with Crippen molar-refractivity contribution < 1.29 is 13.8 Å². The van der Waals surface area contributed by atoms with Gasteiger partial charge in [-0.05, 0) is 80.3 Å². The first-order chi connectivity index (χ1) is 18.9. The molecule has 1 unspecified atom stereocenters. The summed E-state index contributed by atoms with van der Waals surface area (Å²) in [5.74, 6) is 3.75. The molecule has 9 heteroatoms. The van der Waals surface area contributed by atoms with Crippen molar-refractivity contribution in [2.75, 3.05) is 10.6 Å². The molecule has 1 amide bonds. The molecule has 1 aromatic heterocycles. The number of carbonyl (C=O) groups is 2. The molecule has 5 rings (SSSR count). The zero-order valence-electron chi connectivity index (χ0n) is 21.6. The molecule has 1 aliphatic carbocycles. The minimum Gasteiger partial charge on any atom is -0.325 e. The summed E-state index contributed by atoms with van der Waals surface area (Å²) in [4.78, 5) is 34.1. The number of aryl methyl sites for hydroxylation is 1. The van der Waals surface area contributed by atoms with Crippen molar-refractivity contribution in [3.63, 3.8) is 0 Å². The highest BCUT2D eigenvalue weighted by Gasteiger charge is 2.22. The monoisotopic (exact) mass is 539 g/mol. The summed E-state index contributed by atoms with van der Waals surface area (Å²) in [6.07, 6.45) is 13.7. The molecule has 2 N–H and O–H groups in total. The van der Waals surface area contributed by atoms with Crippen LogP contribution in [0.4, 0.5) is 17.3 Å². The molecular formula is C30H29N5O3S. The standard InChI is InChI=1S/C30H29N5O3S/c1-3-4-20-6-8-21(9-7-20)17-32-39(38)29(37)22-10-12-24(13-11-22)33-30-31-18-23-16-27(36)34-26-15-19(2)5-14-25(26)28(23)35-30/h1,5,10-15,17-18,20-21H,4,6-9,16H2,2H3,(H,34,36)(H,31,33,35)/b32-17+. The van der Waals surface area contributed by atoms with E-state index in [0.717, 1.165) is 54.5 Å². The predicted molar refractivity (Wildman–Crippen MR) is 154 cm³/mol. The summed E-state index contributed by atoms with van der Waals surface area (Å²) in [6.45, 7) is 1.97. The molecule has 0 saturated heterocycles. The average molecular weight is 540 g/mol. The Morgan fingerprint density at radius 2 is 1.97 bits per heavy atom. The van der Waals surface area contributed by atoms with Crippen LogP contribution in [0.2, 0.25) is 0 Å². The van der Waals surface area contributed by atoms with Crippen LogP contribution < -0.4 is 10.6 Å². The summed E-state index contributed by atoms with van der Waals surface area (Å²) in [5.41, 5.74) is 4.99. The summed E-state index contributed by atoms with van der Waals surface area (Å²) in [6, 6.07) is 12.5. The van der Waals surface area contributed by atoms with E-state index in [4.69, 9.17) is 6.42 Å². The molecule has 2 heterocycles. The molecule has 3 aromatic rings. The van der Waals surface area contributed by atoms with E-state index < -0.39 is 16.1 Å². The number of amides is 1. The van der Waals surface area contributed by atoms with Crippen LogP contribution >= 0.6 is 0 Å². The third-order valence-electron chi connectivity index (χ3n) is 7.12. The molecule has 1 saturated carbocycles. The molecule has 1 atom stereocenters. The van der Waals surface area contributed by atoms with Gasteiger partial charge in [0.25, 0.3) is 5.12 Å². The Morgan fingerprint density at radius 1 is 1.21 bits per heavy atom. The van der Waals surface area contributed by atoms with Crippen molar-refractivity contribution in [2.45, 2.75) is 45.4 Å². The highest BCUT2D eigenvalue weighted by atomic mass is 32.2. The fourth-order valence-electron chi connectivity index (χ4n) is 4.98. The Balaban J connectivity index is 1.24. The number of aromatic nitrogens is 2. The molecule has 198 valence electrons. The van der Waals surface area contributed by atoms with Crippen LogP contribution in [0.3, 0.4) is 0 Å². The summed E-state index contributed by atoms with van der Waals surface area (Å²) < 4.78 is 16.6. The number of fused-ring (bicyclic) bond motifs is 3. The first-order valence-corrected chi connectivity index (χ1v) is 14.1. The van der Waals surface area contributed by atoms with Gasteiger partial charge < -0.3 is 10.6 Å². The minimum atomic E-state index is -1.98. The fraction of sp³-hybridized carbons (Fsp3) is 0.300. The van der Waals surface area contributed by atoms with E-state index in [1.807, 2.05) is 25.1 Å². The lowest BCUT2D eigenvalue weighted by molar-refractivity contribution is -0.115. The van der Waals surface area contributed by atoms with Crippen molar-refractivity contribution in [1.82, 2.24) is 9.97 Å². The molecule has 39 heavy (non-hydrogen) atoms. The zero-order valence-corrected chi connectivity index (χ0v) is 22.5. The Morgan fingerprint density at radius 3 is 2.72 bits per heavy atom. The van der Waals surface area contributed by atoms with Crippen molar-refractivity contribution in [2.24, 2.45) is 16.2 Å². The highest BCUT2D eigenvalue weighted by molar-refractivity contribution is 7.99. The molecule has 0 spiro atoms. The molecule has 8 nitrogen and oxygen atoms in total. The van der Waals surface area contributed by atoms with Crippen LogP contribution in [0.5, 0.6) is 0 Å². The van der Waals surface area contributed by atoms with Gasteiger partial charge >= 0.3 is 0 Å². The molecule has 2 aliphatic rings. The van der Waals surface area contributed by atoms with E-state index in [1.54, 1.807) is 36.7 Å². The van der Waals surface area contributed by atoms with E-state index in [9.17, 15) is 13.8 Å². The smallest absolute Gasteiger partial charge is 0.271 e. The normalized spacial score (nSPS) is 19.2. The Bertz CT molecular complexity index is 1500. The number of rotatable bonds is 6. The number of anilines is 3. The maximum atomic E-state index is 12.7.